The molecule has 0 atom stereocenters. The fourth-order valence-corrected chi connectivity index (χ4v) is 2.42. The molecule has 0 bridgehead atoms. The molecular formula is C21H18N2O4. The Hall–Kier alpha value is -3.67. The Morgan fingerprint density at radius 1 is 1.04 bits per heavy atom. The van der Waals surface area contributed by atoms with Crippen LogP contribution in [0.25, 0.3) is 0 Å². The fraction of sp³-hybridized carbons (Fsp3) is 0.0952. The second kappa shape index (κ2) is 8.14. The highest BCUT2D eigenvalue weighted by Gasteiger charge is 2.10. The van der Waals surface area contributed by atoms with Gasteiger partial charge in [0, 0.05) is 23.5 Å². The first-order valence-electron chi connectivity index (χ1n) is 8.35. The van der Waals surface area contributed by atoms with Crippen LogP contribution in [0.4, 0.5) is 5.69 Å². The lowest BCUT2D eigenvalue weighted by Gasteiger charge is -2.08. The summed E-state index contributed by atoms with van der Waals surface area (Å²) in [5.74, 6) is -0.373. The first-order valence-corrected chi connectivity index (χ1v) is 8.35. The van der Waals surface area contributed by atoms with E-state index in [1.165, 1.54) is 19.2 Å². The van der Waals surface area contributed by atoms with E-state index in [2.05, 4.69) is 10.3 Å². The molecule has 0 fully saturated rings. The molecule has 3 rings (SSSR count). The minimum atomic E-state index is -0.461. The van der Waals surface area contributed by atoms with Crippen LogP contribution in [0.1, 0.15) is 33.3 Å². The van der Waals surface area contributed by atoms with E-state index in [4.69, 9.17) is 4.74 Å². The number of anilines is 1. The highest BCUT2D eigenvalue weighted by atomic mass is 16.5. The Morgan fingerprint density at radius 2 is 1.74 bits per heavy atom. The van der Waals surface area contributed by atoms with Gasteiger partial charge < -0.3 is 15.0 Å². The Kier molecular flexibility index (Phi) is 5.47. The fourth-order valence-electron chi connectivity index (χ4n) is 2.42. The summed E-state index contributed by atoms with van der Waals surface area (Å²) in [6.07, 6.45) is 1.37. The number of ketones is 1. The van der Waals surface area contributed by atoms with Crippen molar-refractivity contribution in [3.05, 3.63) is 93.9 Å². The molecule has 0 spiro atoms. The van der Waals surface area contributed by atoms with Crippen LogP contribution in [-0.2, 0) is 6.61 Å². The maximum absolute atomic E-state index is 12.3. The SMILES string of the molecule is CC(=O)c1ccc(NC(=O)c2cc(=O)c(OCc3ccccc3)c[nH]2)cc1. The molecule has 3 aromatic rings. The highest BCUT2D eigenvalue weighted by Crippen LogP contribution is 2.12. The van der Waals surface area contributed by atoms with Crippen LogP contribution in [0.2, 0.25) is 0 Å². The van der Waals surface area contributed by atoms with E-state index in [-0.39, 0.29) is 29.3 Å². The van der Waals surface area contributed by atoms with Crippen LogP contribution in [0, 0.1) is 0 Å². The number of hydrogen-bond acceptors (Lipinski definition) is 4. The van der Waals surface area contributed by atoms with Crippen molar-refractivity contribution in [1.29, 1.82) is 0 Å². The Labute approximate surface area is 155 Å². The van der Waals surface area contributed by atoms with Gasteiger partial charge in [-0.2, -0.15) is 0 Å². The minimum absolute atomic E-state index is 0.0525. The summed E-state index contributed by atoms with van der Waals surface area (Å²) in [4.78, 5) is 38.5. The number of pyridine rings is 1. The van der Waals surface area contributed by atoms with Crippen molar-refractivity contribution in [1.82, 2.24) is 4.98 Å². The smallest absolute Gasteiger partial charge is 0.272 e. The van der Waals surface area contributed by atoms with Gasteiger partial charge in [-0.15, -0.1) is 0 Å². The molecule has 0 saturated carbocycles. The topological polar surface area (TPSA) is 88.3 Å². The maximum atomic E-state index is 12.3. The zero-order valence-electron chi connectivity index (χ0n) is 14.7. The van der Waals surface area contributed by atoms with Crippen molar-refractivity contribution in [2.75, 3.05) is 5.32 Å². The maximum Gasteiger partial charge on any atom is 0.272 e. The number of ether oxygens (including phenoxy) is 1. The molecule has 1 amide bonds. The predicted octanol–water partition coefficient (Wildman–Crippen LogP) is 3.41. The third kappa shape index (κ3) is 4.70. The first-order chi connectivity index (χ1) is 13.0. The minimum Gasteiger partial charge on any atom is -0.483 e. The Balaban J connectivity index is 1.66. The summed E-state index contributed by atoms with van der Waals surface area (Å²) >= 11 is 0. The molecule has 0 aliphatic rings. The zero-order valence-corrected chi connectivity index (χ0v) is 14.7. The number of amides is 1. The van der Waals surface area contributed by atoms with Crippen molar-refractivity contribution in [3.8, 4) is 5.75 Å². The first kappa shape index (κ1) is 18.1. The standard InChI is InChI=1S/C21H18N2O4/c1-14(24)16-7-9-17(10-8-16)23-21(26)18-11-19(25)20(12-22-18)27-13-15-5-3-2-4-6-15/h2-12H,13H2,1H3,(H,22,25)(H,23,26). The number of carbonyl (C=O) groups excluding carboxylic acids is 2. The van der Waals surface area contributed by atoms with E-state index in [1.807, 2.05) is 30.3 Å². The summed E-state index contributed by atoms with van der Waals surface area (Å²) in [7, 11) is 0. The highest BCUT2D eigenvalue weighted by molar-refractivity contribution is 6.03. The number of nitrogens with one attached hydrogen (secondary N) is 2. The summed E-state index contributed by atoms with van der Waals surface area (Å²) in [6, 6.07) is 17.2. The second-order valence-electron chi connectivity index (χ2n) is 5.94. The molecule has 2 aromatic carbocycles. The van der Waals surface area contributed by atoms with E-state index in [9.17, 15) is 14.4 Å². The molecule has 0 saturated heterocycles. The molecule has 0 aliphatic heterocycles. The third-order valence-corrected chi connectivity index (χ3v) is 3.91. The van der Waals surface area contributed by atoms with Gasteiger partial charge in [0.15, 0.2) is 11.5 Å². The molecule has 1 heterocycles. The van der Waals surface area contributed by atoms with Crippen LogP contribution in [0.3, 0.4) is 0 Å². The van der Waals surface area contributed by atoms with Gasteiger partial charge in [0.2, 0.25) is 5.43 Å². The van der Waals surface area contributed by atoms with E-state index < -0.39 is 5.91 Å². The van der Waals surface area contributed by atoms with Crippen LogP contribution in [-0.4, -0.2) is 16.7 Å². The number of aromatic amines is 1. The molecular weight excluding hydrogens is 344 g/mol. The van der Waals surface area contributed by atoms with Gasteiger partial charge in [0.1, 0.15) is 12.3 Å². The van der Waals surface area contributed by atoms with Crippen LogP contribution >= 0.6 is 0 Å². The average Bonchev–Trinajstić information content (AvgIpc) is 2.68. The quantitative estimate of drug-likeness (QED) is 0.658. The van der Waals surface area contributed by atoms with Gasteiger partial charge in [-0.05, 0) is 36.8 Å². The molecule has 0 unspecified atom stereocenters. The molecule has 27 heavy (non-hydrogen) atoms. The molecule has 1 aromatic heterocycles. The van der Waals surface area contributed by atoms with Gasteiger partial charge in [-0.25, -0.2) is 0 Å². The summed E-state index contributed by atoms with van der Waals surface area (Å²) in [5, 5.41) is 2.67. The Bertz CT molecular complexity index is 1010. The zero-order chi connectivity index (χ0) is 19.2. The molecule has 0 aliphatic carbocycles. The number of H-pyrrole nitrogens is 1. The number of hydrogen-bond donors (Lipinski definition) is 2. The average molecular weight is 362 g/mol. The van der Waals surface area contributed by atoms with Gasteiger partial charge in [-0.1, -0.05) is 30.3 Å². The van der Waals surface area contributed by atoms with E-state index in [1.54, 1.807) is 24.3 Å². The summed E-state index contributed by atoms with van der Waals surface area (Å²) in [5.41, 5.74) is 1.74. The molecule has 0 radical (unpaired) electrons. The number of aromatic nitrogens is 1. The van der Waals surface area contributed by atoms with Gasteiger partial charge in [0.05, 0.1) is 0 Å². The van der Waals surface area contributed by atoms with Crippen molar-refractivity contribution in [3.63, 3.8) is 0 Å². The summed E-state index contributed by atoms with van der Waals surface area (Å²) < 4.78 is 5.50. The van der Waals surface area contributed by atoms with Crippen LogP contribution in [0.15, 0.2) is 71.7 Å². The predicted molar refractivity (Wildman–Crippen MR) is 102 cm³/mol. The largest absolute Gasteiger partial charge is 0.483 e. The van der Waals surface area contributed by atoms with Crippen LogP contribution in [0.5, 0.6) is 5.75 Å². The molecule has 6 nitrogen and oxygen atoms in total. The van der Waals surface area contributed by atoms with E-state index in [0.29, 0.717) is 11.3 Å². The normalized spacial score (nSPS) is 10.3. The second-order valence-corrected chi connectivity index (χ2v) is 5.94. The third-order valence-electron chi connectivity index (χ3n) is 3.91. The lowest BCUT2D eigenvalue weighted by atomic mass is 10.1. The van der Waals surface area contributed by atoms with Gasteiger partial charge in [-0.3, -0.25) is 14.4 Å². The number of carbonyl (C=O) groups is 2. The molecule has 6 heteroatoms. The van der Waals surface area contributed by atoms with Crippen LogP contribution < -0.4 is 15.5 Å². The summed E-state index contributed by atoms with van der Waals surface area (Å²) in [6.45, 7) is 1.73. The lowest BCUT2D eigenvalue weighted by molar-refractivity contribution is 0.101. The molecule has 2 N–H and O–H groups in total. The number of Topliss-reactive ketones (excluding diaryl/α,β-unsaturated/α-hetero) is 1. The van der Waals surface area contributed by atoms with E-state index in [0.717, 1.165) is 5.56 Å². The van der Waals surface area contributed by atoms with Gasteiger partial charge >= 0.3 is 0 Å². The Morgan fingerprint density at radius 3 is 2.37 bits per heavy atom. The van der Waals surface area contributed by atoms with Crippen molar-refractivity contribution < 1.29 is 14.3 Å². The van der Waals surface area contributed by atoms with Crippen molar-refractivity contribution in [2.45, 2.75) is 13.5 Å². The monoisotopic (exact) mass is 362 g/mol. The number of benzene rings is 2. The van der Waals surface area contributed by atoms with Gasteiger partial charge in [0.25, 0.3) is 5.91 Å². The van der Waals surface area contributed by atoms with Crippen molar-refractivity contribution in [2.24, 2.45) is 0 Å². The number of rotatable bonds is 6. The molecule has 136 valence electrons. The van der Waals surface area contributed by atoms with Crippen molar-refractivity contribution >= 4 is 17.4 Å². The van der Waals surface area contributed by atoms with E-state index >= 15 is 0 Å². The lowest BCUT2D eigenvalue weighted by Crippen LogP contribution is -2.17.